The number of carbonyl (C=O) groups excluding carboxylic acids is 1. The van der Waals surface area contributed by atoms with Crippen LogP contribution in [-0.4, -0.2) is 25.1 Å². The number of aromatic amines is 1. The maximum atomic E-state index is 12.8. The van der Waals surface area contributed by atoms with Crippen molar-refractivity contribution in [3.63, 3.8) is 0 Å². The van der Waals surface area contributed by atoms with Gasteiger partial charge < -0.3 is 19.8 Å². The van der Waals surface area contributed by atoms with E-state index in [4.69, 9.17) is 9.47 Å². The standard InChI is InChI=1S/C22H24N2O4/c1-22(2,3)16-12-19(25)24-17-11-13(9-10-14(16)17)23-21(26)15-7-6-8-18(27-4)20(15)28-5/h6-12H,1-5H3,(H,23,26)(H,24,25). The fourth-order valence-corrected chi connectivity index (χ4v) is 3.22. The zero-order valence-corrected chi connectivity index (χ0v) is 16.7. The zero-order valence-electron chi connectivity index (χ0n) is 16.7. The van der Waals surface area contributed by atoms with Gasteiger partial charge in [-0.05, 0) is 35.2 Å². The van der Waals surface area contributed by atoms with Crippen molar-refractivity contribution >= 4 is 22.5 Å². The minimum atomic E-state index is -0.329. The quantitative estimate of drug-likeness (QED) is 0.714. The number of amides is 1. The van der Waals surface area contributed by atoms with Gasteiger partial charge in [0.05, 0.1) is 25.3 Å². The minimum absolute atomic E-state index is 0.171. The molecule has 0 atom stereocenters. The van der Waals surface area contributed by atoms with Crippen LogP contribution in [0.4, 0.5) is 5.69 Å². The summed E-state index contributed by atoms with van der Waals surface area (Å²) >= 11 is 0. The van der Waals surface area contributed by atoms with Crippen LogP contribution in [0, 0.1) is 0 Å². The average molecular weight is 380 g/mol. The molecule has 1 aromatic heterocycles. The number of H-pyrrole nitrogens is 1. The Kier molecular flexibility index (Phi) is 5.14. The van der Waals surface area contributed by atoms with Gasteiger partial charge in [0.2, 0.25) is 5.56 Å². The molecule has 0 aliphatic carbocycles. The van der Waals surface area contributed by atoms with Gasteiger partial charge in [-0.25, -0.2) is 0 Å². The second-order valence-electron chi connectivity index (χ2n) is 7.55. The lowest BCUT2D eigenvalue weighted by Crippen LogP contribution is -2.18. The normalized spacial score (nSPS) is 11.3. The molecule has 0 unspecified atom stereocenters. The summed E-state index contributed by atoms with van der Waals surface area (Å²) in [6.07, 6.45) is 0. The Hall–Kier alpha value is -3.28. The van der Waals surface area contributed by atoms with Crippen LogP contribution in [0.15, 0.2) is 47.3 Å². The molecule has 0 saturated carbocycles. The first-order valence-corrected chi connectivity index (χ1v) is 8.94. The first-order valence-electron chi connectivity index (χ1n) is 8.94. The lowest BCUT2D eigenvalue weighted by Gasteiger charge is -2.21. The van der Waals surface area contributed by atoms with Gasteiger partial charge in [-0.3, -0.25) is 9.59 Å². The van der Waals surface area contributed by atoms with Gasteiger partial charge in [-0.2, -0.15) is 0 Å². The van der Waals surface area contributed by atoms with Crippen LogP contribution >= 0.6 is 0 Å². The van der Waals surface area contributed by atoms with Crippen LogP contribution in [0.3, 0.4) is 0 Å². The Bertz CT molecular complexity index is 1090. The average Bonchev–Trinajstić information content (AvgIpc) is 2.65. The fourth-order valence-electron chi connectivity index (χ4n) is 3.22. The number of para-hydroxylation sites is 1. The first kappa shape index (κ1) is 19.5. The highest BCUT2D eigenvalue weighted by atomic mass is 16.5. The number of benzene rings is 2. The van der Waals surface area contributed by atoms with Crippen LogP contribution in [0.25, 0.3) is 10.9 Å². The number of carbonyl (C=O) groups is 1. The molecule has 1 heterocycles. The monoisotopic (exact) mass is 380 g/mol. The second-order valence-corrected chi connectivity index (χ2v) is 7.55. The Balaban J connectivity index is 2.00. The van der Waals surface area contributed by atoms with Crippen molar-refractivity contribution in [2.45, 2.75) is 26.2 Å². The maximum Gasteiger partial charge on any atom is 0.259 e. The number of pyridine rings is 1. The van der Waals surface area contributed by atoms with E-state index in [1.165, 1.54) is 14.2 Å². The smallest absolute Gasteiger partial charge is 0.259 e. The Morgan fingerprint density at radius 3 is 2.43 bits per heavy atom. The molecule has 0 aliphatic heterocycles. The predicted molar refractivity (Wildman–Crippen MR) is 111 cm³/mol. The number of rotatable bonds is 4. The molecule has 3 rings (SSSR count). The van der Waals surface area contributed by atoms with Crippen LogP contribution in [0.5, 0.6) is 11.5 Å². The van der Waals surface area contributed by atoms with E-state index in [1.54, 1.807) is 30.3 Å². The van der Waals surface area contributed by atoms with Crippen molar-refractivity contribution < 1.29 is 14.3 Å². The van der Waals surface area contributed by atoms with Crippen molar-refractivity contribution in [1.82, 2.24) is 4.98 Å². The van der Waals surface area contributed by atoms with E-state index in [-0.39, 0.29) is 16.9 Å². The third kappa shape index (κ3) is 3.71. The number of anilines is 1. The molecular weight excluding hydrogens is 356 g/mol. The summed E-state index contributed by atoms with van der Waals surface area (Å²) in [7, 11) is 3.01. The number of ether oxygens (including phenoxy) is 2. The van der Waals surface area contributed by atoms with E-state index in [0.29, 0.717) is 28.3 Å². The van der Waals surface area contributed by atoms with Crippen LogP contribution < -0.4 is 20.3 Å². The third-order valence-electron chi connectivity index (χ3n) is 4.56. The van der Waals surface area contributed by atoms with Gasteiger partial charge in [0.25, 0.3) is 5.91 Å². The predicted octanol–water partition coefficient (Wildman–Crippen LogP) is 4.10. The van der Waals surface area contributed by atoms with Crippen molar-refractivity contribution in [3.8, 4) is 11.5 Å². The van der Waals surface area contributed by atoms with Gasteiger partial charge in [0.1, 0.15) is 0 Å². The van der Waals surface area contributed by atoms with E-state index in [0.717, 1.165) is 10.9 Å². The summed E-state index contributed by atoms with van der Waals surface area (Å²) in [5.74, 6) is 0.518. The molecule has 0 radical (unpaired) electrons. The largest absolute Gasteiger partial charge is 0.493 e. The lowest BCUT2D eigenvalue weighted by atomic mass is 9.85. The third-order valence-corrected chi connectivity index (χ3v) is 4.56. The topological polar surface area (TPSA) is 80.4 Å². The Morgan fingerprint density at radius 2 is 1.79 bits per heavy atom. The summed E-state index contributed by atoms with van der Waals surface area (Å²) in [4.78, 5) is 27.7. The molecule has 1 amide bonds. The molecule has 2 aromatic carbocycles. The van der Waals surface area contributed by atoms with Crippen molar-refractivity contribution in [2.24, 2.45) is 0 Å². The molecule has 0 spiro atoms. The maximum absolute atomic E-state index is 12.8. The Labute approximate surface area is 163 Å². The van der Waals surface area contributed by atoms with Crippen LogP contribution in [0.2, 0.25) is 0 Å². The minimum Gasteiger partial charge on any atom is -0.493 e. The number of hydrogen-bond donors (Lipinski definition) is 2. The fraction of sp³-hybridized carbons (Fsp3) is 0.273. The van der Waals surface area contributed by atoms with Crippen molar-refractivity contribution in [1.29, 1.82) is 0 Å². The van der Waals surface area contributed by atoms with E-state index in [1.807, 2.05) is 12.1 Å². The highest BCUT2D eigenvalue weighted by molar-refractivity contribution is 6.07. The highest BCUT2D eigenvalue weighted by Crippen LogP contribution is 2.32. The van der Waals surface area contributed by atoms with Gasteiger partial charge in [-0.1, -0.05) is 32.9 Å². The SMILES string of the molecule is COc1cccc(C(=O)Nc2ccc3c(C(C)(C)C)cc(=O)[nH]c3c2)c1OC. The van der Waals surface area contributed by atoms with Crippen molar-refractivity contribution in [3.05, 3.63) is 63.9 Å². The second kappa shape index (κ2) is 7.38. The van der Waals surface area contributed by atoms with Crippen LogP contribution in [-0.2, 0) is 5.41 Å². The van der Waals surface area contributed by atoms with E-state index < -0.39 is 0 Å². The van der Waals surface area contributed by atoms with Crippen molar-refractivity contribution in [2.75, 3.05) is 19.5 Å². The molecule has 3 aromatic rings. The number of aromatic nitrogens is 1. The number of methoxy groups -OCH3 is 2. The molecular formula is C22H24N2O4. The van der Waals surface area contributed by atoms with E-state index in [2.05, 4.69) is 31.1 Å². The molecule has 0 bridgehead atoms. The molecule has 6 nitrogen and oxygen atoms in total. The first-order chi connectivity index (χ1) is 13.2. The summed E-state index contributed by atoms with van der Waals surface area (Å²) in [6.45, 7) is 6.18. The lowest BCUT2D eigenvalue weighted by molar-refractivity contribution is 0.102. The Morgan fingerprint density at radius 1 is 1.04 bits per heavy atom. The van der Waals surface area contributed by atoms with E-state index >= 15 is 0 Å². The van der Waals surface area contributed by atoms with Crippen LogP contribution in [0.1, 0.15) is 36.7 Å². The van der Waals surface area contributed by atoms with Gasteiger partial charge in [0.15, 0.2) is 11.5 Å². The summed E-state index contributed by atoms with van der Waals surface area (Å²) in [6, 6.07) is 12.2. The molecule has 2 N–H and O–H groups in total. The summed E-state index contributed by atoms with van der Waals surface area (Å²) < 4.78 is 10.6. The summed E-state index contributed by atoms with van der Waals surface area (Å²) in [5.41, 5.74) is 2.22. The van der Waals surface area contributed by atoms with Gasteiger partial charge >= 0.3 is 0 Å². The number of fused-ring (bicyclic) bond motifs is 1. The number of nitrogens with one attached hydrogen (secondary N) is 2. The molecule has 0 fully saturated rings. The van der Waals surface area contributed by atoms with E-state index in [9.17, 15) is 9.59 Å². The van der Waals surface area contributed by atoms with Gasteiger partial charge in [-0.15, -0.1) is 0 Å². The zero-order chi connectivity index (χ0) is 20.5. The molecule has 6 heteroatoms. The van der Waals surface area contributed by atoms with Gasteiger partial charge in [0, 0.05) is 17.1 Å². The summed E-state index contributed by atoms with van der Waals surface area (Å²) in [5, 5.41) is 3.81. The highest BCUT2D eigenvalue weighted by Gasteiger charge is 2.19. The molecule has 0 aliphatic rings. The molecule has 0 saturated heterocycles. The number of hydrogen-bond acceptors (Lipinski definition) is 4. The molecule has 146 valence electrons. The molecule has 28 heavy (non-hydrogen) atoms.